The molecule has 0 spiro atoms. The van der Waals surface area contributed by atoms with Gasteiger partial charge in [-0.05, 0) is 45.1 Å². The summed E-state index contributed by atoms with van der Waals surface area (Å²) >= 11 is 0. The Morgan fingerprint density at radius 1 is 1.26 bits per heavy atom. The van der Waals surface area contributed by atoms with Gasteiger partial charge in [0.1, 0.15) is 11.7 Å². The fourth-order valence-electron chi connectivity index (χ4n) is 3.30. The zero-order valence-electron chi connectivity index (χ0n) is 18.1. The van der Waals surface area contributed by atoms with Crippen molar-refractivity contribution in [3.63, 3.8) is 0 Å². The number of hydrogen-bond acceptors (Lipinski definition) is 5. The molecule has 0 aromatic carbocycles. The van der Waals surface area contributed by atoms with Gasteiger partial charge in [-0.2, -0.15) is 13.2 Å². The number of unbranched alkanes of at least 4 members (excludes halogenated alkanes) is 3. The normalized spacial score (nSPS) is 20.6. The second kappa shape index (κ2) is 12.4. The van der Waals surface area contributed by atoms with Crippen LogP contribution in [0.15, 0.2) is 23.5 Å². The van der Waals surface area contributed by atoms with E-state index in [1.165, 1.54) is 6.08 Å². The minimum absolute atomic E-state index is 0.00221. The predicted octanol–water partition coefficient (Wildman–Crippen LogP) is 4.33. The molecule has 0 radical (unpaired) electrons. The summed E-state index contributed by atoms with van der Waals surface area (Å²) in [4.78, 5) is 17.6. The summed E-state index contributed by atoms with van der Waals surface area (Å²) in [5.74, 6) is -1.87. The zero-order chi connectivity index (χ0) is 23.7. The highest BCUT2D eigenvalue weighted by Gasteiger charge is 2.45. The van der Waals surface area contributed by atoms with E-state index < -0.39 is 38.7 Å². The molecule has 3 atom stereocenters. The molecule has 0 aromatic rings. The van der Waals surface area contributed by atoms with Crippen LogP contribution in [0.2, 0.25) is 0 Å². The molecule has 1 rings (SSSR count). The Bertz CT molecular complexity index is 664. The number of aliphatic hydroxyl groups excluding tert-OH is 1. The van der Waals surface area contributed by atoms with Gasteiger partial charge in [0.05, 0.1) is 24.9 Å². The number of aliphatic hydroxyl groups is 1. The zero-order valence-corrected chi connectivity index (χ0v) is 19.0. The quantitative estimate of drug-likeness (QED) is 0.219. The molecule has 1 aliphatic carbocycles. The van der Waals surface area contributed by atoms with Crippen molar-refractivity contribution in [2.45, 2.75) is 83.0 Å². The van der Waals surface area contributed by atoms with Crippen LogP contribution >= 0.6 is 7.82 Å². The summed E-state index contributed by atoms with van der Waals surface area (Å²) in [6, 6.07) is 0. The highest BCUT2D eigenvalue weighted by atomic mass is 31.2. The summed E-state index contributed by atoms with van der Waals surface area (Å²) in [5, 5.41) is 9.45. The van der Waals surface area contributed by atoms with Crippen LogP contribution < -0.4 is 5.73 Å². The van der Waals surface area contributed by atoms with Crippen LogP contribution in [0.1, 0.15) is 65.2 Å². The van der Waals surface area contributed by atoms with Gasteiger partial charge in [-0.15, -0.1) is 0 Å². The van der Waals surface area contributed by atoms with Gasteiger partial charge in [-0.1, -0.05) is 37.8 Å². The third kappa shape index (κ3) is 11.0. The Hall–Kier alpha value is -0.900. The number of alkyl halides is 3. The van der Waals surface area contributed by atoms with Gasteiger partial charge in [0.25, 0.3) is 0 Å². The van der Waals surface area contributed by atoms with Crippen molar-refractivity contribution >= 4 is 7.82 Å². The van der Waals surface area contributed by atoms with Crippen molar-refractivity contribution in [3.05, 3.63) is 23.5 Å². The van der Waals surface area contributed by atoms with E-state index in [2.05, 4.69) is 11.4 Å². The molecule has 0 aromatic heterocycles. The molecule has 7 nitrogen and oxygen atoms in total. The molecule has 5 N–H and O–H groups in total. The predicted molar refractivity (Wildman–Crippen MR) is 111 cm³/mol. The summed E-state index contributed by atoms with van der Waals surface area (Å²) in [7, 11) is -4.78. The lowest BCUT2D eigenvalue weighted by Crippen LogP contribution is -2.48. The van der Waals surface area contributed by atoms with Crippen LogP contribution in [0.3, 0.4) is 0 Å². The third-order valence-electron chi connectivity index (χ3n) is 5.27. The number of ether oxygens (including phenoxy) is 1. The fraction of sp³-hybridized carbons (Fsp3) is 0.800. The first-order chi connectivity index (χ1) is 14.3. The second-order valence-electron chi connectivity index (χ2n) is 8.25. The Balaban J connectivity index is 2.77. The Morgan fingerprint density at radius 2 is 1.94 bits per heavy atom. The summed E-state index contributed by atoms with van der Waals surface area (Å²) in [6.45, 7) is 2.60. The van der Waals surface area contributed by atoms with E-state index in [-0.39, 0.29) is 31.1 Å². The van der Waals surface area contributed by atoms with Crippen molar-refractivity contribution in [3.8, 4) is 0 Å². The summed E-state index contributed by atoms with van der Waals surface area (Å²) in [5.41, 5.74) is 4.88. The number of allylic oxidation sites excluding steroid dienone is 4. The van der Waals surface area contributed by atoms with Crippen molar-refractivity contribution in [2.75, 3.05) is 13.2 Å². The fourth-order valence-corrected chi connectivity index (χ4v) is 3.72. The molecule has 0 fully saturated rings. The monoisotopic (exact) mass is 473 g/mol. The lowest BCUT2D eigenvalue weighted by atomic mass is 9.86. The molecule has 0 bridgehead atoms. The average Bonchev–Trinajstić information content (AvgIpc) is 2.67. The molecule has 1 aliphatic rings. The van der Waals surface area contributed by atoms with Crippen molar-refractivity contribution in [2.24, 2.45) is 11.7 Å². The number of rotatable bonds is 14. The smallest absolute Gasteiger partial charge is 0.469 e. The van der Waals surface area contributed by atoms with Gasteiger partial charge in [0.2, 0.25) is 0 Å². The number of phosphoric acid groups is 1. The summed E-state index contributed by atoms with van der Waals surface area (Å²) < 4.78 is 61.8. The lowest BCUT2D eigenvalue weighted by Gasteiger charge is -2.31. The summed E-state index contributed by atoms with van der Waals surface area (Å²) in [6.07, 6.45) is 2.69. The minimum atomic E-state index is -4.78. The minimum Gasteiger partial charge on any atom is -0.494 e. The number of nitrogens with two attached hydrogens (primary N) is 1. The van der Waals surface area contributed by atoms with Gasteiger partial charge in [-0.3, -0.25) is 4.52 Å². The topological polar surface area (TPSA) is 122 Å². The maximum absolute atomic E-state index is 13.6. The Labute approximate surface area is 181 Å². The van der Waals surface area contributed by atoms with E-state index in [0.29, 0.717) is 12.0 Å². The molecule has 0 saturated heterocycles. The second-order valence-corrected chi connectivity index (χ2v) is 9.49. The molecular formula is C20H35F3NO6P. The Morgan fingerprint density at radius 3 is 2.48 bits per heavy atom. The highest BCUT2D eigenvalue weighted by Crippen LogP contribution is 2.42. The van der Waals surface area contributed by atoms with Crippen LogP contribution in [0.4, 0.5) is 13.2 Å². The maximum Gasteiger partial charge on any atom is 0.469 e. The van der Waals surface area contributed by atoms with Crippen molar-refractivity contribution in [1.82, 2.24) is 0 Å². The standard InChI is InChI=1S/C20H35F3NO6P/c1-3-4-5-6-7-15(2)30-18-9-8-16(12-17(18)20(21,22)23)10-11-19(24,13-25)14-29-31(26,27)28/h8-9,15,17,25H,3-7,10-14,24H2,1-2H3,(H2,26,27,28)/t15-,17?,19?/m0/s1. The Kier molecular flexibility index (Phi) is 11.2. The van der Waals surface area contributed by atoms with E-state index in [4.69, 9.17) is 20.3 Å². The largest absolute Gasteiger partial charge is 0.494 e. The highest BCUT2D eigenvalue weighted by molar-refractivity contribution is 7.46. The van der Waals surface area contributed by atoms with Crippen LogP contribution in [-0.2, 0) is 13.8 Å². The van der Waals surface area contributed by atoms with Crippen LogP contribution in [-0.4, -0.2) is 45.9 Å². The van der Waals surface area contributed by atoms with Crippen LogP contribution in [0.5, 0.6) is 0 Å². The maximum atomic E-state index is 13.6. The van der Waals surface area contributed by atoms with Gasteiger partial charge in [-0.25, -0.2) is 4.57 Å². The molecule has 0 saturated carbocycles. The first-order valence-electron chi connectivity index (χ1n) is 10.5. The van der Waals surface area contributed by atoms with Crippen molar-refractivity contribution in [1.29, 1.82) is 0 Å². The number of phosphoric ester groups is 1. The van der Waals surface area contributed by atoms with Gasteiger partial charge in [0.15, 0.2) is 0 Å². The lowest BCUT2D eigenvalue weighted by molar-refractivity contribution is -0.176. The molecule has 2 unspecified atom stereocenters. The van der Waals surface area contributed by atoms with E-state index in [1.54, 1.807) is 13.0 Å². The van der Waals surface area contributed by atoms with E-state index in [0.717, 1.165) is 25.7 Å². The third-order valence-corrected chi connectivity index (χ3v) is 5.73. The molecular weight excluding hydrogens is 438 g/mol. The first kappa shape index (κ1) is 28.1. The number of halogens is 3. The van der Waals surface area contributed by atoms with Gasteiger partial charge in [0, 0.05) is 0 Å². The van der Waals surface area contributed by atoms with E-state index >= 15 is 0 Å². The molecule has 182 valence electrons. The number of hydrogen-bond donors (Lipinski definition) is 4. The van der Waals surface area contributed by atoms with E-state index in [9.17, 15) is 22.8 Å². The van der Waals surface area contributed by atoms with Gasteiger partial charge < -0.3 is 25.4 Å². The molecule has 0 aliphatic heterocycles. The van der Waals surface area contributed by atoms with Crippen LogP contribution in [0.25, 0.3) is 0 Å². The van der Waals surface area contributed by atoms with Crippen LogP contribution in [0, 0.1) is 5.92 Å². The van der Waals surface area contributed by atoms with Gasteiger partial charge >= 0.3 is 14.0 Å². The molecule has 11 heteroatoms. The SMILES string of the molecule is CCCCCC[C@H](C)OC1=CC=C(CCC(N)(CO)COP(=O)(O)O)CC1C(F)(F)F. The average molecular weight is 473 g/mol. The first-order valence-corrected chi connectivity index (χ1v) is 12.1. The molecule has 0 heterocycles. The van der Waals surface area contributed by atoms with Crippen molar-refractivity contribution < 1.29 is 41.9 Å². The van der Waals surface area contributed by atoms with E-state index in [1.807, 2.05) is 0 Å². The molecule has 31 heavy (non-hydrogen) atoms. The molecule has 0 amide bonds.